The lowest BCUT2D eigenvalue weighted by Crippen LogP contribution is -2.30. The molecule has 0 aliphatic carbocycles. The molecule has 1 amide bonds. The van der Waals surface area contributed by atoms with E-state index in [0.717, 1.165) is 11.8 Å². The Labute approximate surface area is 130 Å². The highest BCUT2D eigenvalue weighted by atomic mass is 32.2. The zero-order valence-corrected chi connectivity index (χ0v) is 12.5. The summed E-state index contributed by atoms with van der Waals surface area (Å²) in [5.41, 5.74) is 0.574. The quantitative estimate of drug-likeness (QED) is 0.608. The van der Waals surface area contributed by atoms with Gasteiger partial charge in [-0.25, -0.2) is 4.39 Å². The molecule has 1 fully saturated rings. The maximum absolute atomic E-state index is 13.1. The molecule has 0 atom stereocenters. The maximum atomic E-state index is 13.1. The summed E-state index contributed by atoms with van der Waals surface area (Å²) in [6.45, 7) is 0.235. The first-order valence-corrected chi connectivity index (χ1v) is 7.40. The summed E-state index contributed by atoms with van der Waals surface area (Å²) in [5.74, 6) is -1.82. The molecule has 2 rings (SSSR count). The minimum Gasteiger partial charge on any atom is -0.550 e. The number of carbonyl (C=O) groups is 2. The fourth-order valence-corrected chi connectivity index (χ4v) is 3.13. The molecular formula is C14H11FNO3S2-. The van der Waals surface area contributed by atoms with Crippen molar-refractivity contribution in [3.05, 3.63) is 40.6 Å². The second kappa shape index (κ2) is 6.82. The Hall–Kier alpha value is -1.73. The molecule has 110 valence electrons. The normalized spacial score (nSPS) is 16.8. The number of hydrogen-bond donors (Lipinski definition) is 0. The number of amides is 1. The standard InChI is InChI=1S/C14H12FNO3S2/c15-10-4-1-3-9(7-10)8-11-13(19)16(14(20)21-11)6-2-5-12(17)18/h1,3-4,7-8H,2,5-6H2,(H,17,18)/p-1/b11-8+. The van der Waals surface area contributed by atoms with Crippen LogP contribution in [-0.2, 0) is 9.59 Å². The van der Waals surface area contributed by atoms with Crippen molar-refractivity contribution in [1.29, 1.82) is 0 Å². The SMILES string of the molecule is O=C([O-])CCCN1C(=O)/C(=C\c2cccc(F)c2)SC1=S. The van der Waals surface area contributed by atoms with Gasteiger partial charge in [0.25, 0.3) is 5.91 Å². The minimum absolute atomic E-state index is 0.125. The molecular weight excluding hydrogens is 313 g/mol. The number of benzene rings is 1. The van der Waals surface area contributed by atoms with Gasteiger partial charge in [-0.2, -0.15) is 0 Å². The number of aliphatic carboxylic acids is 1. The van der Waals surface area contributed by atoms with Gasteiger partial charge in [0.2, 0.25) is 0 Å². The zero-order chi connectivity index (χ0) is 15.4. The number of rotatable bonds is 5. The third-order valence-corrected chi connectivity index (χ3v) is 4.16. The molecule has 0 unspecified atom stereocenters. The molecule has 0 bridgehead atoms. The molecule has 0 aromatic heterocycles. The molecule has 0 N–H and O–H groups in total. The molecule has 21 heavy (non-hydrogen) atoms. The first-order chi connectivity index (χ1) is 9.97. The van der Waals surface area contributed by atoms with E-state index < -0.39 is 5.97 Å². The predicted molar refractivity (Wildman–Crippen MR) is 80.5 cm³/mol. The van der Waals surface area contributed by atoms with E-state index in [4.69, 9.17) is 12.2 Å². The summed E-state index contributed by atoms with van der Waals surface area (Å²) in [6.07, 6.45) is 1.73. The van der Waals surface area contributed by atoms with Crippen molar-refractivity contribution in [1.82, 2.24) is 4.90 Å². The van der Waals surface area contributed by atoms with Crippen LogP contribution in [0.3, 0.4) is 0 Å². The Bertz CT molecular complexity index is 630. The summed E-state index contributed by atoms with van der Waals surface area (Å²) in [7, 11) is 0. The van der Waals surface area contributed by atoms with Crippen LogP contribution in [0.2, 0.25) is 0 Å². The molecule has 7 heteroatoms. The molecule has 0 spiro atoms. The fourth-order valence-electron chi connectivity index (χ4n) is 1.82. The molecule has 1 saturated heterocycles. The number of hydrogen-bond acceptors (Lipinski definition) is 5. The Balaban J connectivity index is 2.08. The van der Waals surface area contributed by atoms with Crippen LogP contribution in [0, 0.1) is 5.82 Å². The van der Waals surface area contributed by atoms with E-state index >= 15 is 0 Å². The summed E-state index contributed by atoms with van der Waals surface area (Å²) in [6, 6.07) is 5.89. The molecule has 1 aromatic rings. The summed E-state index contributed by atoms with van der Waals surface area (Å²) < 4.78 is 13.5. The monoisotopic (exact) mass is 324 g/mol. The maximum Gasteiger partial charge on any atom is 0.266 e. The van der Waals surface area contributed by atoms with Gasteiger partial charge in [-0.1, -0.05) is 36.1 Å². The Morgan fingerprint density at radius 3 is 2.90 bits per heavy atom. The highest BCUT2D eigenvalue weighted by Crippen LogP contribution is 2.32. The van der Waals surface area contributed by atoms with Crippen LogP contribution < -0.4 is 5.11 Å². The Morgan fingerprint density at radius 2 is 2.24 bits per heavy atom. The van der Waals surface area contributed by atoms with Gasteiger partial charge in [-0.05, 0) is 36.6 Å². The molecule has 0 saturated carbocycles. The first-order valence-electron chi connectivity index (χ1n) is 6.18. The molecule has 1 aliphatic heterocycles. The van der Waals surface area contributed by atoms with E-state index in [1.807, 2.05) is 0 Å². The number of carboxylic acid groups (broad SMARTS) is 1. The van der Waals surface area contributed by atoms with Crippen LogP contribution in [0.4, 0.5) is 4.39 Å². The van der Waals surface area contributed by atoms with Crippen LogP contribution in [0.15, 0.2) is 29.2 Å². The van der Waals surface area contributed by atoms with Crippen LogP contribution >= 0.6 is 24.0 Å². The third-order valence-electron chi connectivity index (χ3n) is 2.78. The van der Waals surface area contributed by atoms with Crippen molar-refractivity contribution in [3.8, 4) is 0 Å². The summed E-state index contributed by atoms with van der Waals surface area (Å²) >= 11 is 6.23. The lowest BCUT2D eigenvalue weighted by molar-refractivity contribution is -0.305. The highest BCUT2D eigenvalue weighted by Gasteiger charge is 2.31. The molecule has 1 aromatic carbocycles. The fraction of sp³-hybridized carbons (Fsp3) is 0.214. The molecule has 1 heterocycles. The number of halogens is 1. The summed E-state index contributed by atoms with van der Waals surface area (Å²) in [4.78, 5) is 24.3. The average molecular weight is 324 g/mol. The van der Waals surface area contributed by atoms with E-state index in [0.29, 0.717) is 14.8 Å². The van der Waals surface area contributed by atoms with Gasteiger partial charge in [0.05, 0.1) is 4.91 Å². The highest BCUT2D eigenvalue weighted by molar-refractivity contribution is 8.26. The lowest BCUT2D eigenvalue weighted by Gasteiger charge is -2.14. The number of thiocarbonyl (C=S) groups is 1. The van der Waals surface area contributed by atoms with Gasteiger partial charge >= 0.3 is 0 Å². The van der Waals surface area contributed by atoms with Crippen molar-refractivity contribution >= 4 is 46.3 Å². The van der Waals surface area contributed by atoms with E-state index in [2.05, 4.69) is 0 Å². The van der Waals surface area contributed by atoms with Crippen LogP contribution in [-0.4, -0.2) is 27.6 Å². The van der Waals surface area contributed by atoms with Gasteiger partial charge in [-0.3, -0.25) is 9.69 Å². The third kappa shape index (κ3) is 4.12. The Morgan fingerprint density at radius 1 is 1.48 bits per heavy atom. The van der Waals surface area contributed by atoms with Gasteiger partial charge in [-0.15, -0.1) is 0 Å². The van der Waals surface area contributed by atoms with Crippen LogP contribution in [0.1, 0.15) is 18.4 Å². The van der Waals surface area contributed by atoms with E-state index in [-0.39, 0.29) is 31.1 Å². The largest absolute Gasteiger partial charge is 0.550 e. The van der Waals surface area contributed by atoms with Crippen molar-refractivity contribution in [2.24, 2.45) is 0 Å². The molecule has 4 nitrogen and oxygen atoms in total. The van der Waals surface area contributed by atoms with Crippen molar-refractivity contribution in [2.75, 3.05) is 6.54 Å². The van der Waals surface area contributed by atoms with Crippen LogP contribution in [0.5, 0.6) is 0 Å². The second-order valence-electron chi connectivity index (χ2n) is 4.36. The smallest absolute Gasteiger partial charge is 0.266 e. The molecule has 1 aliphatic rings. The summed E-state index contributed by atoms with van der Waals surface area (Å²) in [5, 5.41) is 10.4. The number of carboxylic acids is 1. The number of nitrogens with zero attached hydrogens (tertiary/aromatic N) is 1. The number of thioether (sulfide) groups is 1. The van der Waals surface area contributed by atoms with Gasteiger partial charge in [0.15, 0.2) is 0 Å². The molecule has 0 radical (unpaired) electrons. The second-order valence-corrected chi connectivity index (χ2v) is 6.04. The van der Waals surface area contributed by atoms with E-state index in [1.54, 1.807) is 18.2 Å². The van der Waals surface area contributed by atoms with Crippen molar-refractivity contribution < 1.29 is 19.1 Å². The van der Waals surface area contributed by atoms with Gasteiger partial charge in [0, 0.05) is 12.5 Å². The lowest BCUT2D eigenvalue weighted by atomic mass is 10.2. The van der Waals surface area contributed by atoms with E-state index in [1.165, 1.54) is 17.0 Å². The topological polar surface area (TPSA) is 60.4 Å². The van der Waals surface area contributed by atoms with Crippen molar-refractivity contribution in [2.45, 2.75) is 12.8 Å². The minimum atomic E-state index is -1.16. The Kier molecular flexibility index (Phi) is 5.08. The first kappa shape index (κ1) is 15.7. The zero-order valence-electron chi connectivity index (χ0n) is 10.9. The number of carbonyl (C=O) groups excluding carboxylic acids is 2. The van der Waals surface area contributed by atoms with E-state index in [9.17, 15) is 19.1 Å². The average Bonchev–Trinajstić information content (AvgIpc) is 2.66. The predicted octanol–water partition coefficient (Wildman–Crippen LogP) is 1.56. The van der Waals surface area contributed by atoms with Crippen molar-refractivity contribution in [3.63, 3.8) is 0 Å². The van der Waals surface area contributed by atoms with Gasteiger partial charge in [0.1, 0.15) is 10.1 Å². The van der Waals surface area contributed by atoms with Gasteiger partial charge < -0.3 is 9.90 Å². The van der Waals surface area contributed by atoms with Crippen LogP contribution in [0.25, 0.3) is 6.08 Å².